The third-order valence-corrected chi connectivity index (χ3v) is 4.57. The molecule has 1 aromatic carbocycles. The average Bonchev–Trinajstić information content (AvgIpc) is 3.11. The highest BCUT2D eigenvalue weighted by atomic mass is 35.5. The number of anilines is 1. The van der Waals surface area contributed by atoms with Crippen LogP contribution in [0.25, 0.3) is 11.1 Å². The van der Waals surface area contributed by atoms with Gasteiger partial charge in [-0.05, 0) is 37.8 Å². The SMILES string of the molecule is CCOC(=O)CNC(=O)CC1CCCN(c2nc3ccc(Cl)cc3o2)C1.O=CO. The number of amides is 1. The lowest BCUT2D eigenvalue weighted by Crippen LogP contribution is -2.39. The van der Waals surface area contributed by atoms with Gasteiger partial charge in [-0.15, -0.1) is 0 Å². The number of carboxylic acid groups (broad SMARTS) is 1. The van der Waals surface area contributed by atoms with Crippen LogP contribution in [0.1, 0.15) is 26.2 Å². The van der Waals surface area contributed by atoms with E-state index in [-0.39, 0.29) is 24.8 Å². The minimum atomic E-state index is -0.420. The zero-order valence-corrected chi connectivity index (χ0v) is 16.9. The first-order valence-electron chi connectivity index (χ1n) is 9.28. The van der Waals surface area contributed by atoms with Gasteiger partial charge in [-0.3, -0.25) is 14.4 Å². The number of carbonyl (C=O) groups excluding carboxylic acids is 2. The Morgan fingerprint density at radius 3 is 2.97 bits per heavy atom. The highest BCUT2D eigenvalue weighted by molar-refractivity contribution is 6.31. The molecule has 1 amide bonds. The van der Waals surface area contributed by atoms with E-state index in [1.807, 2.05) is 6.07 Å². The Balaban J connectivity index is 0.000000941. The number of nitrogens with one attached hydrogen (secondary N) is 1. The lowest BCUT2D eigenvalue weighted by atomic mass is 9.95. The van der Waals surface area contributed by atoms with Crippen molar-refractivity contribution in [1.29, 1.82) is 0 Å². The number of benzene rings is 1. The lowest BCUT2D eigenvalue weighted by molar-refractivity contribution is -0.143. The molecule has 1 aliphatic heterocycles. The molecule has 10 heteroatoms. The van der Waals surface area contributed by atoms with Crippen molar-refractivity contribution in [2.24, 2.45) is 5.92 Å². The van der Waals surface area contributed by atoms with E-state index in [2.05, 4.69) is 15.2 Å². The molecule has 0 bridgehead atoms. The van der Waals surface area contributed by atoms with Gasteiger partial charge in [0, 0.05) is 30.6 Å². The number of halogens is 1. The maximum Gasteiger partial charge on any atom is 0.325 e. The summed E-state index contributed by atoms with van der Waals surface area (Å²) in [7, 11) is 0. The molecule has 158 valence electrons. The molecule has 1 unspecified atom stereocenters. The topological polar surface area (TPSA) is 122 Å². The molecule has 2 heterocycles. The molecule has 0 spiro atoms. The summed E-state index contributed by atoms with van der Waals surface area (Å²) in [4.78, 5) is 38.3. The number of hydrogen-bond donors (Lipinski definition) is 2. The van der Waals surface area contributed by atoms with E-state index in [1.165, 1.54) is 0 Å². The molecule has 2 N–H and O–H groups in total. The van der Waals surface area contributed by atoms with E-state index in [0.717, 1.165) is 24.9 Å². The van der Waals surface area contributed by atoms with Crippen LogP contribution < -0.4 is 10.2 Å². The van der Waals surface area contributed by atoms with Crippen LogP contribution in [0, 0.1) is 5.92 Å². The first kappa shape index (κ1) is 22.5. The second kappa shape index (κ2) is 11.3. The number of nitrogens with zero attached hydrogens (tertiary/aromatic N) is 2. The predicted molar refractivity (Wildman–Crippen MR) is 107 cm³/mol. The van der Waals surface area contributed by atoms with Gasteiger partial charge in [0.2, 0.25) is 5.91 Å². The standard InChI is InChI=1S/C18H22ClN3O4.CH2O2/c1-2-25-17(24)10-20-16(23)8-12-4-3-7-22(11-12)18-21-14-6-5-13(19)9-15(14)26-18;2-1-3/h5-6,9,12H,2-4,7-8,10-11H2,1H3,(H,20,23);1H,(H,2,3). The summed E-state index contributed by atoms with van der Waals surface area (Å²) in [5, 5.41) is 10.1. The third-order valence-electron chi connectivity index (χ3n) is 4.34. The molecule has 1 saturated heterocycles. The van der Waals surface area contributed by atoms with Crippen molar-refractivity contribution < 1.29 is 28.6 Å². The summed E-state index contributed by atoms with van der Waals surface area (Å²) in [6.07, 6.45) is 2.27. The molecule has 2 aromatic rings. The Labute approximate surface area is 173 Å². The van der Waals surface area contributed by atoms with Crippen molar-refractivity contribution >= 4 is 47.1 Å². The molecule has 0 aliphatic carbocycles. The number of oxazole rings is 1. The van der Waals surface area contributed by atoms with Crippen molar-refractivity contribution in [3.63, 3.8) is 0 Å². The number of aromatic nitrogens is 1. The summed E-state index contributed by atoms with van der Waals surface area (Å²) in [6, 6.07) is 5.91. The summed E-state index contributed by atoms with van der Waals surface area (Å²) in [5.74, 6) is -0.380. The van der Waals surface area contributed by atoms with Gasteiger partial charge in [0.15, 0.2) is 5.58 Å². The van der Waals surface area contributed by atoms with Gasteiger partial charge in [-0.2, -0.15) is 4.98 Å². The van der Waals surface area contributed by atoms with Crippen molar-refractivity contribution in [1.82, 2.24) is 10.3 Å². The van der Waals surface area contributed by atoms with Crippen molar-refractivity contribution in [2.75, 3.05) is 31.1 Å². The van der Waals surface area contributed by atoms with Gasteiger partial charge in [0.25, 0.3) is 12.5 Å². The van der Waals surface area contributed by atoms with Crippen LogP contribution in [0.15, 0.2) is 22.6 Å². The minimum absolute atomic E-state index is 0.0883. The molecule has 1 aliphatic rings. The van der Waals surface area contributed by atoms with Crippen LogP contribution in [0.4, 0.5) is 6.01 Å². The fraction of sp³-hybridized carbons (Fsp3) is 0.474. The number of esters is 1. The number of ether oxygens (including phenoxy) is 1. The van der Waals surface area contributed by atoms with Crippen LogP contribution in [0.2, 0.25) is 5.02 Å². The van der Waals surface area contributed by atoms with E-state index < -0.39 is 5.97 Å². The van der Waals surface area contributed by atoms with E-state index in [0.29, 0.717) is 36.2 Å². The monoisotopic (exact) mass is 425 g/mol. The van der Waals surface area contributed by atoms with Crippen LogP contribution >= 0.6 is 11.6 Å². The smallest absolute Gasteiger partial charge is 0.325 e. The van der Waals surface area contributed by atoms with Gasteiger partial charge >= 0.3 is 5.97 Å². The molecule has 1 fully saturated rings. The zero-order chi connectivity index (χ0) is 21.2. The summed E-state index contributed by atoms with van der Waals surface area (Å²) in [6.45, 7) is 3.22. The van der Waals surface area contributed by atoms with E-state index >= 15 is 0 Å². The Kier molecular flexibility index (Phi) is 8.72. The van der Waals surface area contributed by atoms with Crippen LogP contribution in [-0.2, 0) is 19.1 Å². The highest BCUT2D eigenvalue weighted by Crippen LogP contribution is 2.28. The zero-order valence-electron chi connectivity index (χ0n) is 16.1. The quantitative estimate of drug-likeness (QED) is 0.534. The molecule has 9 nitrogen and oxygen atoms in total. The first-order chi connectivity index (χ1) is 14.0. The third kappa shape index (κ3) is 6.94. The molecular weight excluding hydrogens is 402 g/mol. The second-order valence-electron chi connectivity index (χ2n) is 6.45. The normalized spacial score (nSPS) is 15.9. The number of rotatable bonds is 6. The van der Waals surface area contributed by atoms with Gasteiger partial charge in [0.1, 0.15) is 12.1 Å². The van der Waals surface area contributed by atoms with Crippen molar-refractivity contribution in [3.05, 3.63) is 23.2 Å². The van der Waals surface area contributed by atoms with Crippen molar-refractivity contribution in [2.45, 2.75) is 26.2 Å². The average molecular weight is 426 g/mol. The molecular formula is C19H24ClN3O6. The Hall–Kier alpha value is -2.81. The second-order valence-corrected chi connectivity index (χ2v) is 6.89. The number of piperidine rings is 1. The fourth-order valence-corrected chi connectivity index (χ4v) is 3.31. The Bertz CT molecular complexity index is 840. The van der Waals surface area contributed by atoms with Gasteiger partial charge < -0.3 is 24.5 Å². The molecule has 3 rings (SSSR count). The molecule has 29 heavy (non-hydrogen) atoms. The fourth-order valence-electron chi connectivity index (χ4n) is 3.14. The summed E-state index contributed by atoms with van der Waals surface area (Å²) >= 11 is 5.99. The Morgan fingerprint density at radius 1 is 1.48 bits per heavy atom. The molecule has 0 saturated carbocycles. The van der Waals surface area contributed by atoms with Crippen LogP contribution in [0.5, 0.6) is 0 Å². The van der Waals surface area contributed by atoms with Gasteiger partial charge in [-0.1, -0.05) is 11.6 Å². The highest BCUT2D eigenvalue weighted by Gasteiger charge is 2.25. The largest absolute Gasteiger partial charge is 0.483 e. The van der Waals surface area contributed by atoms with Gasteiger partial charge in [-0.25, -0.2) is 0 Å². The Morgan fingerprint density at radius 2 is 2.24 bits per heavy atom. The summed E-state index contributed by atoms with van der Waals surface area (Å²) in [5.41, 5.74) is 1.42. The van der Waals surface area contributed by atoms with E-state index in [1.54, 1.807) is 19.1 Å². The van der Waals surface area contributed by atoms with E-state index in [9.17, 15) is 9.59 Å². The number of hydrogen-bond acceptors (Lipinski definition) is 7. The predicted octanol–water partition coefficient (Wildman–Crippen LogP) is 2.47. The minimum Gasteiger partial charge on any atom is -0.483 e. The van der Waals surface area contributed by atoms with Crippen LogP contribution in [-0.4, -0.2) is 54.7 Å². The van der Waals surface area contributed by atoms with E-state index in [4.69, 9.17) is 30.7 Å². The van der Waals surface area contributed by atoms with Gasteiger partial charge in [0.05, 0.1) is 6.61 Å². The number of fused-ring (bicyclic) bond motifs is 1. The maximum atomic E-state index is 12.1. The first-order valence-corrected chi connectivity index (χ1v) is 9.65. The number of carbonyl (C=O) groups is 3. The summed E-state index contributed by atoms with van der Waals surface area (Å²) < 4.78 is 10.6. The van der Waals surface area contributed by atoms with Crippen molar-refractivity contribution in [3.8, 4) is 0 Å². The van der Waals surface area contributed by atoms with Crippen LogP contribution in [0.3, 0.4) is 0 Å². The maximum absolute atomic E-state index is 12.1. The lowest BCUT2D eigenvalue weighted by Gasteiger charge is -2.31. The molecule has 0 radical (unpaired) electrons. The molecule has 1 atom stereocenters. The molecule has 1 aromatic heterocycles.